The third-order valence-electron chi connectivity index (χ3n) is 4.15. The summed E-state index contributed by atoms with van der Waals surface area (Å²) in [5.74, 6) is -0.388. The van der Waals surface area contributed by atoms with Gasteiger partial charge in [0.25, 0.3) is 11.8 Å². The summed E-state index contributed by atoms with van der Waals surface area (Å²) in [7, 11) is 1.58. The van der Waals surface area contributed by atoms with Gasteiger partial charge in [0.2, 0.25) is 0 Å². The number of carbonyl (C=O) groups excluding carboxylic acids is 2. The molecule has 2 aromatic heterocycles. The van der Waals surface area contributed by atoms with Crippen molar-refractivity contribution in [2.45, 2.75) is 32.5 Å². The van der Waals surface area contributed by atoms with Crippen molar-refractivity contribution in [2.75, 3.05) is 20.3 Å². The Balaban J connectivity index is 1.60. The molecule has 2 amide bonds. The number of hydrogen-bond donors (Lipinski definition) is 2. The number of hydrogen-bond acceptors (Lipinski definition) is 5. The fourth-order valence-corrected chi connectivity index (χ4v) is 2.86. The minimum absolute atomic E-state index is 0.103. The summed E-state index contributed by atoms with van der Waals surface area (Å²) >= 11 is 0. The SMILES string of the molecule is CCn1ccc(C(=O)NC2Cc3c(C(=O)NCCOC)cnn3C2)n1. The van der Waals surface area contributed by atoms with Gasteiger partial charge in [-0.15, -0.1) is 0 Å². The van der Waals surface area contributed by atoms with Crippen molar-refractivity contribution in [3.05, 3.63) is 35.4 Å². The van der Waals surface area contributed by atoms with Gasteiger partial charge in [-0.3, -0.25) is 19.0 Å². The van der Waals surface area contributed by atoms with Gasteiger partial charge in [-0.2, -0.15) is 10.2 Å². The molecule has 2 aromatic rings. The number of aromatic nitrogens is 4. The third kappa shape index (κ3) is 3.71. The molecular formula is C16H22N6O3. The van der Waals surface area contributed by atoms with Gasteiger partial charge < -0.3 is 15.4 Å². The zero-order chi connectivity index (χ0) is 17.8. The Morgan fingerprint density at radius 2 is 2.24 bits per heavy atom. The summed E-state index contributed by atoms with van der Waals surface area (Å²) in [4.78, 5) is 24.5. The van der Waals surface area contributed by atoms with Crippen LogP contribution in [0.4, 0.5) is 0 Å². The first-order valence-corrected chi connectivity index (χ1v) is 8.28. The van der Waals surface area contributed by atoms with Crippen molar-refractivity contribution in [1.82, 2.24) is 30.2 Å². The normalized spacial score (nSPS) is 15.8. The lowest BCUT2D eigenvalue weighted by atomic mass is 10.1. The minimum Gasteiger partial charge on any atom is -0.383 e. The summed E-state index contributed by atoms with van der Waals surface area (Å²) < 4.78 is 8.39. The molecule has 0 spiro atoms. The predicted octanol–water partition coefficient (Wildman–Crippen LogP) is -0.170. The van der Waals surface area contributed by atoms with Gasteiger partial charge in [-0.25, -0.2) is 0 Å². The Kier molecular flexibility index (Phi) is 5.13. The first-order valence-electron chi connectivity index (χ1n) is 8.28. The lowest BCUT2D eigenvalue weighted by molar-refractivity contribution is 0.0927. The largest absolute Gasteiger partial charge is 0.383 e. The van der Waals surface area contributed by atoms with Crippen LogP contribution in [0.2, 0.25) is 0 Å². The van der Waals surface area contributed by atoms with Crippen molar-refractivity contribution < 1.29 is 14.3 Å². The molecule has 1 atom stereocenters. The number of aryl methyl sites for hydroxylation is 1. The van der Waals surface area contributed by atoms with Crippen molar-refractivity contribution in [3.8, 4) is 0 Å². The second-order valence-electron chi connectivity index (χ2n) is 5.87. The van der Waals surface area contributed by atoms with Gasteiger partial charge >= 0.3 is 0 Å². The molecular weight excluding hydrogens is 324 g/mol. The van der Waals surface area contributed by atoms with Gasteiger partial charge in [0, 0.05) is 32.8 Å². The molecule has 0 bridgehead atoms. The van der Waals surface area contributed by atoms with E-state index >= 15 is 0 Å². The molecule has 0 fully saturated rings. The molecule has 0 radical (unpaired) electrons. The van der Waals surface area contributed by atoms with Gasteiger partial charge in [-0.05, 0) is 13.0 Å². The van der Waals surface area contributed by atoms with E-state index in [0.717, 1.165) is 5.69 Å². The van der Waals surface area contributed by atoms with Crippen LogP contribution < -0.4 is 10.6 Å². The van der Waals surface area contributed by atoms with Crippen LogP contribution in [0, 0.1) is 0 Å². The van der Waals surface area contributed by atoms with Gasteiger partial charge in [0.05, 0.1) is 36.6 Å². The van der Waals surface area contributed by atoms with E-state index in [0.29, 0.717) is 43.9 Å². The van der Waals surface area contributed by atoms with E-state index in [1.165, 1.54) is 0 Å². The van der Waals surface area contributed by atoms with E-state index in [4.69, 9.17) is 4.74 Å². The van der Waals surface area contributed by atoms with Crippen molar-refractivity contribution in [2.24, 2.45) is 0 Å². The lowest BCUT2D eigenvalue weighted by Crippen LogP contribution is -2.36. The number of amides is 2. The molecule has 0 aliphatic carbocycles. The van der Waals surface area contributed by atoms with Crippen LogP contribution in [0.5, 0.6) is 0 Å². The van der Waals surface area contributed by atoms with Crippen LogP contribution >= 0.6 is 0 Å². The van der Waals surface area contributed by atoms with Crippen molar-refractivity contribution in [1.29, 1.82) is 0 Å². The Morgan fingerprint density at radius 1 is 1.40 bits per heavy atom. The highest BCUT2D eigenvalue weighted by molar-refractivity contribution is 5.95. The number of carbonyl (C=O) groups is 2. The minimum atomic E-state index is -0.214. The molecule has 0 saturated heterocycles. The standard InChI is InChI=1S/C16H22N6O3/c1-3-21-6-4-13(20-21)16(24)19-11-8-14-12(9-18-22(14)10-11)15(23)17-5-7-25-2/h4,6,9,11H,3,5,7-8,10H2,1-2H3,(H,17,23)(H,19,24). The number of fused-ring (bicyclic) bond motifs is 1. The fourth-order valence-electron chi connectivity index (χ4n) is 2.86. The van der Waals surface area contributed by atoms with Crippen LogP contribution in [0.25, 0.3) is 0 Å². The zero-order valence-corrected chi connectivity index (χ0v) is 14.4. The lowest BCUT2D eigenvalue weighted by Gasteiger charge is -2.10. The van der Waals surface area contributed by atoms with E-state index in [2.05, 4.69) is 20.8 Å². The second kappa shape index (κ2) is 7.47. The van der Waals surface area contributed by atoms with Crippen molar-refractivity contribution >= 4 is 11.8 Å². The summed E-state index contributed by atoms with van der Waals surface area (Å²) in [6.07, 6.45) is 3.91. The van der Waals surface area contributed by atoms with Crippen LogP contribution in [-0.4, -0.2) is 57.7 Å². The van der Waals surface area contributed by atoms with E-state index in [9.17, 15) is 9.59 Å². The first kappa shape index (κ1) is 17.2. The molecule has 0 saturated carbocycles. The molecule has 9 heteroatoms. The van der Waals surface area contributed by atoms with Gasteiger partial charge in [-0.1, -0.05) is 0 Å². The number of nitrogens with one attached hydrogen (secondary N) is 2. The van der Waals surface area contributed by atoms with E-state index in [1.54, 1.807) is 34.9 Å². The second-order valence-corrected chi connectivity index (χ2v) is 5.87. The molecule has 3 heterocycles. The monoisotopic (exact) mass is 346 g/mol. The molecule has 3 rings (SSSR count). The topological polar surface area (TPSA) is 103 Å². The average molecular weight is 346 g/mol. The Bertz CT molecular complexity index is 766. The van der Waals surface area contributed by atoms with Crippen LogP contribution in [0.1, 0.15) is 33.5 Å². The maximum Gasteiger partial charge on any atom is 0.272 e. The van der Waals surface area contributed by atoms with E-state index in [-0.39, 0.29) is 17.9 Å². The summed E-state index contributed by atoms with van der Waals surface area (Å²) in [6, 6.07) is 1.59. The average Bonchev–Trinajstić information content (AvgIpc) is 3.29. The third-order valence-corrected chi connectivity index (χ3v) is 4.15. The first-order chi connectivity index (χ1) is 12.1. The van der Waals surface area contributed by atoms with Gasteiger partial charge in [0.15, 0.2) is 0 Å². The fraction of sp³-hybridized carbons (Fsp3) is 0.500. The summed E-state index contributed by atoms with van der Waals surface area (Å²) in [5.41, 5.74) is 1.77. The molecule has 9 nitrogen and oxygen atoms in total. The highest BCUT2D eigenvalue weighted by Gasteiger charge is 2.29. The molecule has 25 heavy (non-hydrogen) atoms. The van der Waals surface area contributed by atoms with Crippen LogP contribution in [-0.2, 0) is 24.2 Å². The zero-order valence-electron chi connectivity index (χ0n) is 14.4. The predicted molar refractivity (Wildman–Crippen MR) is 89.3 cm³/mol. The number of rotatable bonds is 7. The summed E-state index contributed by atoms with van der Waals surface area (Å²) in [6.45, 7) is 4.12. The molecule has 134 valence electrons. The van der Waals surface area contributed by atoms with E-state index < -0.39 is 0 Å². The van der Waals surface area contributed by atoms with Crippen LogP contribution in [0.3, 0.4) is 0 Å². The maximum absolute atomic E-state index is 12.3. The number of nitrogens with zero attached hydrogens (tertiary/aromatic N) is 4. The Hall–Kier alpha value is -2.68. The smallest absolute Gasteiger partial charge is 0.272 e. The number of ether oxygens (including phenoxy) is 1. The highest BCUT2D eigenvalue weighted by atomic mass is 16.5. The quantitative estimate of drug-likeness (QED) is 0.678. The Labute approximate surface area is 145 Å². The van der Waals surface area contributed by atoms with Crippen molar-refractivity contribution in [3.63, 3.8) is 0 Å². The number of methoxy groups -OCH3 is 1. The van der Waals surface area contributed by atoms with E-state index in [1.807, 2.05) is 6.92 Å². The maximum atomic E-state index is 12.3. The highest BCUT2D eigenvalue weighted by Crippen LogP contribution is 2.19. The Morgan fingerprint density at radius 3 is 2.96 bits per heavy atom. The van der Waals surface area contributed by atoms with Gasteiger partial charge in [0.1, 0.15) is 5.69 Å². The molecule has 1 aliphatic heterocycles. The molecule has 0 aromatic carbocycles. The molecule has 1 unspecified atom stereocenters. The molecule has 1 aliphatic rings. The summed E-state index contributed by atoms with van der Waals surface area (Å²) in [5, 5.41) is 14.2. The molecule has 2 N–H and O–H groups in total. The van der Waals surface area contributed by atoms with Crippen LogP contribution in [0.15, 0.2) is 18.5 Å².